The van der Waals surface area contributed by atoms with Gasteiger partial charge in [0.1, 0.15) is 12.3 Å². The Hall–Kier alpha value is -3.35. The largest absolute Gasteiger partial charge is 0.444 e. The monoisotopic (exact) mass is 667 g/mol. The van der Waals surface area contributed by atoms with E-state index in [0.717, 1.165) is 40.9 Å². The van der Waals surface area contributed by atoms with Crippen LogP contribution in [0, 0.1) is 11.8 Å². The second-order valence-corrected chi connectivity index (χ2v) is 21.2. The predicted molar refractivity (Wildman–Crippen MR) is 185 cm³/mol. The first-order valence-corrected chi connectivity index (χ1v) is 20.2. The van der Waals surface area contributed by atoms with Crippen LogP contribution in [-0.2, 0) is 30.3 Å². The van der Waals surface area contributed by atoms with Crippen molar-refractivity contribution < 1.29 is 14.3 Å². The maximum absolute atomic E-state index is 14.3. The van der Waals surface area contributed by atoms with Crippen molar-refractivity contribution in [1.82, 2.24) is 29.2 Å². The number of halogens is 1. The molecule has 4 heterocycles. The number of anilines is 1. The van der Waals surface area contributed by atoms with Gasteiger partial charge in [-0.2, -0.15) is 10.1 Å². The lowest BCUT2D eigenvalue weighted by atomic mass is 9.92. The summed E-state index contributed by atoms with van der Waals surface area (Å²) in [6, 6.07) is 4.93. The van der Waals surface area contributed by atoms with Gasteiger partial charge in [-0.05, 0) is 57.6 Å². The van der Waals surface area contributed by atoms with Gasteiger partial charge in [-0.1, -0.05) is 37.3 Å². The first-order valence-electron chi connectivity index (χ1n) is 16.1. The molecular formula is C33H46ClN7O4Si. The number of ether oxygens (including phenoxy) is 2. The highest BCUT2D eigenvalue weighted by Gasteiger charge is 2.44. The molecule has 0 radical (unpaired) electrons. The second kappa shape index (κ2) is 12.0. The van der Waals surface area contributed by atoms with E-state index < -0.39 is 13.7 Å². The molecule has 2 aliphatic rings. The van der Waals surface area contributed by atoms with Crippen LogP contribution in [-0.4, -0.2) is 69.4 Å². The van der Waals surface area contributed by atoms with Gasteiger partial charge in [-0.15, -0.1) is 0 Å². The molecule has 13 heteroatoms. The van der Waals surface area contributed by atoms with E-state index in [-0.39, 0.29) is 36.3 Å². The van der Waals surface area contributed by atoms with Crippen LogP contribution >= 0.6 is 11.6 Å². The number of alkyl carbamates (subject to hydrolysis) is 1. The molecular weight excluding hydrogens is 622 g/mol. The molecule has 3 aromatic heterocycles. The van der Waals surface area contributed by atoms with E-state index in [1.165, 1.54) is 0 Å². The highest BCUT2D eigenvalue weighted by Crippen LogP contribution is 2.40. The van der Waals surface area contributed by atoms with Crippen LogP contribution in [0.15, 0.2) is 29.3 Å². The summed E-state index contributed by atoms with van der Waals surface area (Å²) in [6.45, 7) is 14.9. The lowest BCUT2D eigenvalue weighted by molar-refractivity contribution is 0.0472. The maximum Gasteiger partial charge on any atom is 0.407 e. The van der Waals surface area contributed by atoms with Crippen LogP contribution in [0.1, 0.15) is 33.6 Å². The third kappa shape index (κ3) is 6.43. The molecule has 3 atom stereocenters. The summed E-state index contributed by atoms with van der Waals surface area (Å²) in [5.41, 5.74) is 2.15. The topological polar surface area (TPSA) is 108 Å². The molecule has 0 spiro atoms. The van der Waals surface area contributed by atoms with Gasteiger partial charge in [0, 0.05) is 76.8 Å². The number of piperidine rings is 1. The molecule has 0 unspecified atom stereocenters. The summed E-state index contributed by atoms with van der Waals surface area (Å²) in [5.74, 6) is 1.08. The Bertz CT molecular complexity index is 1840. The van der Waals surface area contributed by atoms with Gasteiger partial charge in [0.15, 0.2) is 5.65 Å². The van der Waals surface area contributed by atoms with Gasteiger partial charge in [0.2, 0.25) is 5.95 Å². The number of nitrogens with zero attached hydrogens (tertiary/aromatic N) is 6. The summed E-state index contributed by atoms with van der Waals surface area (Å²) in [6.07, 6.45) is 5.46. The number of rotatable bonds is 8. The Morgan fingerprint density at radius 1 is 1.09 bits per heavy atom. The third-order valence-corrected chi connectivity index (χ3v) is 11.2. The molecule has 2 bridgehead atoms. The first-order chi connectivity index (χ1) is 21.6. The fourth-order valence-corrected chi connectivity index (χ4v) is 7.95. The van der Waals surface area contributed by atoms with Gasteiger partial charge < -0.3 is 24.3 Å². The molecule has 1 amide bonds. The van der Waals surface area contributed by atoms with Crippen molar-refractivity contribution in [3.8, 4) is 11.1 Å². The average Bonchev–Trinajstić information content (AvgIpc) is 3.57. The molecule has 1 saturated heterocycles. The number of hydrogen-bond acceptors (Lipinski definition) is 7. The molecule has 1 aliphatic heterocycles. The lowest BCUT2D eigenvalue weighted by Gasteiger charge is -2.39. The number of carbonyl (C=O) groups is 1. The van der Waals surface area contributed by atoms with E-state index in [1.807, 2.05) is 56.9 Å². The van der Waals surface area contributed by atoms with E-state index in [4.69, 9.17) is 26.1 Å². The minimum atomic E-state index is -1.28. The Kier molecular flexibility index (Phi) is 8.52. The minimum Gasteiger partial charge on any atom is -0.444 e. The smallest absolute Gasteiger partial charge is 0.407 e. The first kappa shape index (κ1) is 32.6. The molecule has 2 fully saturated rings. The summed E-state index contributed by atoms with van der Waals surface area (Å²) in [5, 5.41) is 9.52. The zero-order chi connectivity index (χ0) is 33.1. The van der Waals surface area contributed by atoms with Crippen molar-refractivity contribution in [3.63, 3.8) is 0 Å². The fourth-order valence-electron chi connectivity index (χ4n) is 6.88. The van der Waals surface area contributed by atoms with Gasteiger partial charge in [-0.25, -0.2) is 4.79 Å². The molecule has 46 heavy (non-hydrogen) atoms. The summed E-state index contributed by atoms with van der Waals surface area (Å²) >= 11 is 6.98. The third-order valence-electron chi connectivity index (χ3n) is 9.13. The van der Waals surface area contributed by atoms with Crippen molar-refractivity contribution in [2.45, 2.75) is 77.7 Å². The maximum atomic E-state index is 14.3. The number of aromatic nitrogens is 5. The zero-order valence-electron chi connectivity index (χ0n) is 28.2. The second-order valence-electron chi connectivity index (χ2n) is 15.2. The van der Waals surface area contributed by atoms with E-state index in [2.05, 4.69) is 35.0 Å². The number of nitrogens with one attached hydrogen (secondary N) is 1. The van der Waals surface area contributed by atoms with Crippen LogP contribution in [0.3, 0.4) is 0 Å². The van der Waals surface area contributed by atoms with Crippen LogP contribution < -0.4 is 15.8 Å². The van der Waals surface area contributed by atoms with Crippen molar-refractivity contribution >= 4 is 53.7 Å². The lowest BCUT2D eigenvalue weighted by Crippen LogP contribution is -2.54. The van der Waals surface area contributed by atoms with Crippen molar-refractivity contribution in [3.05, 3.63) is 39.9 Å². The van der Waals surface area contributed by atoms with Gasteiger partial charge in [0.05, 0.1) is 15.9 Å². The highest BCUT2D eigenvalue weighted by atomic mass is 35.5. The minimum absolute atomic E-state index is 0.0339. The number of fused-ring (bicyclic) bond motifs is 4. The highest BCUT2D eigenvalue weighted by molar-refractivity contribution is 6.76. The summed E-state index contributed by atoms with van der Waals surface area (Å²) < 4.78 is 17.1. The Morgan fingerprint density at radius 2 is 1.78 bits per heavy atom. The summed E-state index contributed by atoms with van der Waals surface area (Å²) in [4.78, 5) is 34.3. The summed E-state index contributed by atoms with van der Waals surface area (Å²) in [7, 11) is 2.37. The normalized spacial score (nSPS) is 20.2. The Balaban J connectivity index is 1.37. The molecule has 248 valence electrons. The van der Waals surface area contributed by atoms with Crippen LogP contribution in [0.25, 0.3) is 33.1 Å². The van der Waals surface area contributed by atoms with Crippen molar-refractivity contribution in [1.29, 1.82) is 0 Å². The van der Waals surface area contributed by atoms with E-state index in [9.17, 15) is 9.59 Å². The molecule has 4 aromatic rings. The van der Waals surface area contributed by atoms with Gasteiger partial charge in [-0.3, -0.25) is 14.0 Å². The average molecular weight is 668 g/mol. The molecule has 1 saturated carbocycles. The zero-order valence-corrected chi connectivity index (χ0v) is 29.9. The van der Waals surface area contributed by atoms with E-state index in [1.54, 1.807) is 16.3 Å². The van der Waals surface area contributed by atoms with Gasteiger partial charge >= 0.3 is 6.09 Å². The van der Waals surface area contributed by atoms with Crippen molar-refractivity contribution in [2.24, 2.45) is 25.9 Å². The molecule has 1 N–H and O–H groups in total. The van der Waals surface area contributed by atoms with E-state index in [0.29, 0.717) is 41.7 Å². The van der Waals surface area contributed by atoms with E-state index >= 15 is 0 Å². The standard InChI is InChI=1S/C33H46ClN7O4Si/c1-33(2,3)45-32(43)35-28-20-9-10-21(28)16-40(15-20)31-36-29-26(30(42)39(31)5)23(18-41(29)19-44-13-14-46(6,7)8)22-11-12-25-24(27(22)34)17-38(4)37-25/h11-12,17-18,20-21,28H,9-10,13-16,19H2,1-8H3,(H,35,43)/t20-,21+,28-. The SMILES string of the molecule is Cn1cc2c(Cl)c(-c3cn(COCC[Si](C)(C)C)c4nc(N5C[C@H]6CC[C@@H](C5)[C@@H]6NC(=O)OC(C)(C)C)n(C)c(=O)c34)ccc2n1. The number of amides is 1. The van der Waals surface area contributed by atoms with Crippen LogP contribution in [0.4, 0.5) is 10.7 Å². The number of hydrogen-bond donors (Lipinski definition) is 1. The predicted octanol–water partition coefficient (Wildman–Crippen LogP) is 5.99. The molecule has 6 rings (SSSR count). The quantitative estimate of drug-likeness (QED) is 0.182. The van der Waals surface area contributed by atoms with Gasteiger partial charge in [0.25, 0.3) is 5.56 Å². The fraction of sp³-hybridized carbons (Fsp3) is 0.576. The molecule has 11 nitrogen and oxygen atoms in total. The number of carbonyl (C=O) groups excluding carboxylic acids is 1. The van der Waals surface area contributed by atoms with Crippen LogP contribution in [0.2, 0.25) is 30.7 Å². The number of benzene rings is 1. The number of aryl methyl sites for hydroxylation is 1. The molecule has 1 aromatic carbocycles. The van der Waals surface area contributed by atoms with Crippen LogP contribution in [0.5, 0.6) is 0 Å². The van der Waals surface area contributed by atoms with Crippen molar-refractivity contribution in [2.75, 3.05) is 24.6 Å². The Labute approximate surface area is 275 Å². The molecule has 1 aliphatic carbocycles. The Morgan fingerprint density at radius 3 is 2.43 bits per heavy atom.